The average Bonchev–Trinajstić information content (AvgIpc) is 3.59. The predicted molar refractivity (Wildman–Crippen MR) is 179 cm³/mol. The molecule has 226 valence electrons. The van der Waals surface area contributed by atoms with Crippen LogP contribution in [0.25, 0.3) is 22.8 Å². The van der Waals surface area contributed by atoms with Gasteiger partial charge in [0.25, 0.3) is 5.91 Å². The highest BCUT2D eigenvalue weighted by molar-refractivity contribution is 7.99. The van der Waals surface area contributed by atoms with Crippen molar-refractivity contribution >= 4 is 35.5 Å². The number of nitrogens with zero attached hydrogens (tertiary/aromatic N) is 5. The Hall–Kier alpha value is -4.34. The number of amides is 1. The lowest BCUT2D eigenvalue weighted by Gasteiger charge is -2.18. The fourth-order valence-electron chi connectivity index (χ4n) is 5.24. The van der Waals surface area contributed by atoms with E-state index in [0.29, 0.717) is 16.0 Å². The van der Waals surface area contributed by atoms with Crippen LogP contribution in [0.3, 0.4) is 0 Å². The summed E-state index contributed by atoms with van der Waals surface area (Å²) in [6, 6.07) is 23.8. The standard InChI is InChI=1S/C34H35ClN6O2S/c1-6-24-9-8-10-25(7-2)32(24)41-33(26-11-17-30(43-5)18-12-26)38-39-34(41)44-21-31(42)37-36-20-27-19-22(3)40(23(27)4)29-15-13-28(35)14-16-29/h8-20H,6-7,21H2,1-5H3,(H,37,42)/b36-20-. The highest BCUT2D eigenvalue weighted by Crippen LogP contribution is 2.33. The minimum atomic E-state index is -0.238. The van der Waals surface area contributed by atoms with Crippen LogP contribution in [-0.4, -0.2) is 44.3 Å². The minimum absolute atomic E-state index is 0.123. The Balaban J connectivity index is 1.36. The monoisotopic (exact) mass is 626 g/mol. The molecule has 0 aliphatic rings. The molecule has 2 heterocycles. The van der Waals surface area contributed by atoms with Crippen LogP contribution >= 0.6 is 23.4 Å². The second-order valence-electron chi connectivity index (χ2n) is 10.2. The molecule has 0 bridgehead atoms. The van der Waals surface area contributed by atoms with E-state index in [-0.39, 0.29) is 11.7 Å². The average molecular weight is 627 g/mol. The van der Waals surface area contributed by atoms with Gasteiger partial charge in [0.15, 0.2) is 11.0 Å². The van der Waals surface area contributed by atoms with Crippen molar-refractivity contribution in [2.45, 2.75) is 45.7 Å². The summed E-state index contributed by atoms with van der Waals surface area (Å²) in [7, 11) is 1.64. The quantitative estimate of drug-likeness (QED) is 0.0940. The number of halogens is 1. The molecule has 1 amide bonds. The summed E-state index contributed by atoms with van der Waals surface area (Å²) in [5.41, 5.74) is 11.0. The number of benzene rings is 3. The Bertz CT molecular complexity index is 1770. The van der Waals surface area contributed by atoms with Crippen LogP contribution in [-0.2, 0) is 17.6 Å². The van der Waals surface area contributed by atoms with Crippen molar-refractivity contribution in [3.63, 3.8) is 0 Å². The van der Waals surface area contributed by atoms with Gasteiger partial charge in [0.1, 0.15) is 5.75 Å². The molecule has 0 saturated heterocycles. The molecule has 0 fully saturated rings. The number of aryl methyl sites for hydroxylation is 3. The van der Waals surface area contributed by atoms with Crippen LogP contribution in [0, 0.1) is 13.8 Å². The van der Waals surface area contributed by atoms with Gasteiger partial charge in [-0.15, -0.1) is 10.2 Å². The molecular weight excluding hydrogens is 592 g/mol. The summed E-state index contributed by atoms with van der Waals surface area (Å²) in [4.78, 5) is 12.9. The number of para-hydroxylation sites is 1. The van der Waals surface area contributed by atoms with E-state index in [4.69, 9.17) is 16.3 Å². The van der Waals surface area contributed by atoms with E-state index in [1.54, 1.807) is 13.3 Å². The molecule has 2 aromatic heterocycles. The van der Waals surface area contributed by atoms with Gasteiger partial charge in [0.05, 0.1) is 24.8 Å². The van der Waals surface area contributed by atoms with Gasteiger partial charge in [-0.2, -0.15) is 5.10 Å². The van der Waals surface area contributed by atoms with Gasteiger partial charge in [-0.25, -0.2) is 5.43 Å². The third-order valence-electron chi connectivity index (χ3n) is 7.45. The molecule has 0 saturated carbocycles. The molecule has 3 aromatic carbocycles. The molecule has 0 spiro atoms. The Morgan fingerprint density at radius 1 is 0.977 bits per heavy atom. The SMILES string of the molecule is CCc1cccc(CC)c1-n1c(SCC(=O)N/N=C\c2cc(C)n(-c3ccc(Cl)cc3)c2C)nnc1-c1ccc(OC)cc1. The van der Waals surface area contributed by atoms with E-state index in [1.165, 1.54) is 22.9 Å². The highest BCUT2D eigenvalue weighted by Gasteiger charge is 2.21. The van der Waals surface area contributed by atoms with Gasteiger partial charge < -0.3 is 9.30 Å². The lowest BCUT2D eigenvalue weighted by molar-refractivity contribution is -0.118. The van der Waals surface area contributed by atoms with Gasteiger partial charge >= 0.3 is 0 Å². The topological polar surface area (TPSA) is 86.3 Å². The fraction of sp³-hybridized carbons (Fsp3) is 0.235. The summed E-state index contributed by atoms with van der Waals surface area (Å²) in [5.74, 6) is 1.36. The largest absolute Gasteiger partial charge is 0.497 e. The first kappa shape index (κ1) is 31.1. The number of rotatable bonds is 11. The predicted octanol–water partition coefficient (Wildman–Crippen LogP) is 7.37. The van der Waals surface area contributed by atoms with Crippen LogP contribution < -0.4 is 10.2 Å². The summed E-state index contributed by atoms with van der Waals surface area (Å²) in [5, 5.41) is 14.7. The van der Waals surface area contributed by atoms with Crippen LogP contribution in [0.15, 0.2) is 83.1 Å². The van der Waals surface area contributed by atoms with Gasteiger partial charge in [-0.05, 0) is 92.4 Å². The smallest absolute Gasteiger partial charge is 0.250 e. The molecule has 5 rings (SSSR count). The third kappa shape index (κ3) is 6.59. The van der Waals surface area contributed by atoms with Crippen LogP contribution in [0.5, 0.6) is 5.75 Å². The molecule has 44 heavy (non-hydrogen) atoms. The lowest BCUT2D eigenvalue weighted by Crippen LogP contribution is -2.20. The van der Waals surface area contributed by atoms with Gasteiger partial charge in [0, 0.05) is 33.2 Å². The van der Waals surface area contributed by atoms with Crippen molar-refractivity contribution < 1.29 is 9.53 Å². The Kier molecular flexibility index (Phi) is 9.87. The highest BCUT2D eigenvalue weighted by atomic mass is 35.5. The minimum Gasteiger partial charge on any atom is -0.497 e. The van der Waals surface area contributed by atoms with Crippen LogP contribution in [0.2, 0.25) is 5.02 Å². The number of hydrogen-bond acceptors (Lipinski definition) is 6. The fourth-order valence-corrected chi connectivity index (χ4v) is 6.09. The number of ether oxygens (including phenoxy) is 1. The Morgan fingerprint density at radius 2 is 1.66 bits per heavy atom. The first-order chi connectivity index (χ1) is 21.3. The number of hydrazone groups is 1. The lowest BCUT2D eigenvalue weighted by atomic mass is 10.0. The first-order valence-electron chi connectivity index (χ1n) is 14.4. The van der Waals surface area contributed by atoms with Crippen molar-refractivity contribution in [3.05, 3.63) is 106 Å². The van der Waals surface area contributed by atoms with E-state index in [1.807, 2.05) is 68.4 Å². The van der Waals surface area contributed by atoms with E-state index in [9.17, 15) is 4.79 Å². The third-order valence-corrected chi connectivity index (χ3v) is 8.63. The molecule has 10 heteroatoms. The van der Waals surface area contributed by atoms with Crippen molar-refractivity contribution in [1.29, 1.82) is 0 Å². The summed E-state index contributed by atoms with van der Waals surface area (Å²) in [6.07, 6.45) is 3.37. The molecule has 8 nitrogen and oxygen atoms in total. The maximum atomic E-state index is 12.9. The number of carbonyl (C=O) groups excluding carboxylic acids is 1. The first-order valence-corrected chi connectivity index (χ1v) is 15.8. The van der Waals surface area contributed by atoms with E-state index in [0.717, 1.165) is 52.5 Å². The van der Waals surface area contributed by atoms with Gasteiger partial charge in [-0.3, -0.25) is 9.36 Å². The van der Waals surface area contributed by atoms with Crippen molar-refractivity contribution in [1.82, 2.24) is 24.8 Å². The van der Waals surface area contributed by atoms with E-state index < -0.39 is 0 Å². The molecular formula is C34H35ClN6O2S. The normalized spacial score (nSPS) is 11.3. The van der Waals surface area contributed by atoms with Crippen molar-refractivity contribution in [2.24, 2.45) is 5.10 Å². The Morgan fingerprint density at radius 3 is 2.30 bits per heavy atom. The number of nitrogens with one attached hydrogen (secondary N) is 1. The maximum Gasteiger partial charge on any atom is 0.250 e. The van der Waals surface area contributed by atoms with E-state index in [2.05, 4.69) is 61.9 Å². The van der Waals surface area contributed by atoms with Crippen molar-refractivity contribution in [2.75, 3.05) is 12.9 Å². The second-order valence-corrected chi connectivity index (χ2v) is 11.6. The van der Waals surface area contributed by atoms with Gasteiger partial charge in [-0.1, -0.05) is 55.4 Å². The zero-order chi connectivity index (χ0) is 31.2. The molecule has 0 unspecified atom stereocenters. The van der Waals surface area contributed by atoms with Crippen molar-refractivity contribution in [3.8, 4) is 28.5 Å². The summed E-state index contributed by atoms with van der Waals surface area (Å²) >= 11 is 7.40. The number of thioether (sulfide) groups is 1. The zero-order valence-electron chi connectivity index (χ0n) is 25.5. The molecule has 5 aromatic rings. The van der Waals surface area contributed by atoms with Crippen LogP contribution in [0.1, 0.15) is 41.9 Å². The Labute approximate surface area is 267 Å². The number of carbonyl (C=O) groups is 1. The summed E-state index contributed by atoms with van der Waals surface area (Å²) < 4.78 is 9.55. The number of methoxy groups -OCH3 is 1. The number of hydrogen-bond donors (Lipinski definition) is 1. The molecule has 0 radical (unpaired) electrons. The molecule has 0 aliphatic carbocycles. The maximum absolute atomic E-state index is 12.9. The zero-order valence-corrected chi connectivity index (χ0v) is 27.0. The summed E-state index contributed by atoms with van der Waals surface area (Å²) in [6.45, 7) is 8.33. The van der Waals surface area contributed by atoms with Crippen LogP contribution in [0.4, 0.5) is 0 Å². The molecule has 0 aliphatic heterocycles. The molecule has 1 N–H and O–H groups in total. The van der Waals surface area contributed by atoms with E-state index >= 15 is 0 Å². The molecule has 0 atom stereocenters. The number of aromatic nitrogens is 4. The second kappa shape index (κ2) is 14.0. The van der Waals surface area contributed by atoms with Gasteiger partial charge in [0.2, 0.25) is 0 Å².